The summed E-state index contributed by atoms with van der Waals surface area (Å²) in [5.74, 6) is -0.278. The van der Waals surface area contributed by atoms with E-state index in [9.17, 15) is 4.79 Å². The fraction of sp³-hybridized carbons (Fsp3) is 0.370. The number of rotatable bonds is 5. The third-order valence-corrected chi connectivity index (χ3v) is 6.62. The summed E-state index contributed by atoms with van der Waals surface area (Å²) < 4.78 is 28.6. The number of methoxy groups -OCH3 is 2. The number of carbonyl (C=O) groups excluding carboxylic acids is 1. The van der Waals surface area contributed by atoms with Gasteiger partial charge in [-0.1, -0.05) is 24.3 Å². The van der Waals surface area contributed by atoms with Gasteiger partial charge in [0.2, 0.25) is 0 Å². The standard InChI is InChI=1S/C27H32FN5O3/c1-8-32-17(4)22(16(3)30-32)18-9-11-19(12-10-18)25-23-20(13-15(2)33(31-25)27(34)29-5)14-21(35-6)26(36-7)24(23)28/h9-12,14-15H,8,13H2,1-7H3,(H,29,34). The second-order valence-electron chi connectivity index (χ2n) is 8.80. The lowest BCUT2D eigenvalue weighted by Crippen LogP contribution is -2.41. The number of ether oxygens (including phenoxy) is 2. The third-order valence-electron chi connectivity index (χ3n) is 6.62. The van der Waals surface area contributed by atoms with Gasteiger partial charge in [-0.05, 0) is 51.3 Å². The lowest BCUT2D eigenvalue weighted by Gasteiger charge is -2.22. The largest absolute Gasteiger partial charge is 0.493 e. The molecule has 0 radical (unpaired) electrons. The highest BCUT2D eigenvalue weighted by Crippen LogP contribution is 2.38. The first-order valence-corrected chi connectivity index (χ1v) is 11.9. The summed E-state index contributed by atoms with van der Waals surface area (Å²) in [5, 5.41) is 13.3. The van der Waals surface area contributed by atoms with Gasteiger partial charge in [0.25, 0.3) is 0 Å². The summed E-state index contributed by atoms with van der Waals surface area (Å²) in [4.78, 5) is 12.7. The van der Waals surface area contributed by atoms with E-state index in [2.05, 4.69) is 29.4 Å². The number of fused-ring (bicyclic) bond motifs is 1. The second-order valence-corrected chi connectivity index (χ2v) is 8.80. The second kappa shape index (κ2) is 10.0. The number of nitrogens with zero attached hydrogens (tertiary/aromatic N) is 4. The highest BCUT2D eigenvalue weighted by Gasteiger charge is 2.32. The van der Waals surface area contributed by atoms with Gasteiger partial charge in [0, 0.05) is 36.0 Å². The van der Waals surface area contributed by atoms with Gasteiger partial charge in [0.15, 0.2) is 17.3 Å². The molecule has 2 aromatic carbocycles. The highest BCUT2D eigenvalue weighted by atomic mass is 19.1. The van der Waals surface area contributed by atoms with Gasteiger partial charge in [-0.25, -0.2) is 14.2 Å². The molecule has 8 nitrogen and oxygen atoms in total. The fourth-order valence-corrected chi connectivity index (χ4v) is 4.86. The summed E-state index contributed by atoms with van der Waals surface area (Å²) in [6, 6.07) is 8.82. The third kappa shape index (κ3) is 4.19. The van der Waals surface area contributed by atoms with E-state index in [0.29, 0.717) is 34.6 Å². The summed E-state index contributed by atoms with van der Waals surface area (Å²) in [6.45, 7) is 8.77. The van der Waals surface area contributed by atoms with Gasteiger partial charge >= 0.3 is 6.03 Å². The predicted molar refractivity (Wildman–Crippen MR) is 137 cm³/mol. The molecule has 0 spiro atoms. The van der Waals surface area contributed by atoms with Crippen molar-refractivity contribution in [2.24, 2.45) is 5.10 Å². The minimum atomic E-state index is -0.573. The van der Waals surface area contributed by atoms with Crippen molar-refractivity contribution in [1.29, 1.82) is 0 Å². The molecular weight excluding hydrogens is 461 g/mol. The Bertz CT molecular complexity index is 1330. The first-order valence-electron chi connectivity index (χ1n) is 11.9. The van der Waals surface area contributed by atoms with Crippen molar-refractivity contribution >= 4 is 11.7 Å². The van der Waals surface area contributed by atoms with Gasteiger partial charge in [-0.2, -0.15) is 10.2 Å². The van der Waals surface area contributed by atoms with E-state index in [0.717, 1.165) is 29.1 Å². The lowest BCUT2D eigenvalue weighted by atomic mass is 9.92. The molecule has 1 unspecified atom stereocenters. The van der Waals surface area contributed by atoms with Crippen LogP contribution in [0.5, 0.6) is 11.5 Å². The lowest BCUT2D eigenvalue weighted by molar-refractivity contribution is 0.184. The number of aromatic nitrogens is 2. The minimum absolute atomic E-state index is 0.000143. The van der Waals surface area contributed by atoms with E-state index >= 15 is 4.39 Å². The number of hydrogen-bond acceptors (Lipinski definition) is 5. The quantitative estimate of drug-likeness (QED) is 0.560. The molecule has 3 aromatic rings. The molecule has 2 amide bonds. The van der Waals surface area contributed by atoms with Crippen molar-refractivity contribution in [2.45, 2.75) is 46.7 Å². The average Bonchev–Trinajstić information content (AvgIpc) is 3.07. The number of amides is 2. The maximum Gasteiger partial charge on any atom is 0.337 e. The van der Waals surface area contributed by atoms with Gasteiger partial charge < -0.3 is 14.8 Å². The van der Waals surface area contributed by atoms with Crippen LogP contribution in [0.1, 0.15) is 41.9 Å². The number of carbonyl (C=O) groups is 1. The molecule has 0 saturated heterocycles. The molecule has 9 heteroatoms. The Hall–Kier alpha value is -3.88. The Morgan fingerprint density at radius 1 is 1.14 bits per heavy atom. The van der Waals surface area contributed by atoms with E-state index < -0.39 is 5.82 Å². The van der Waals surface area contributed by atoms with Crippen LogP contribution in [-0.4, -0.2) is 53.8 Å². The first kappa shape index (κ1) is 25.2. The minimum Gasteiger partial charge on any atom is -0.493 e. The van der Waals surface area contributed by atoms with Crippen LogP contribution in [0.3, 0.4) is 0 Å². The van der Waals surface area contributed by atoms with Crippen LogP contribution < -0.4 is 14.8 Å². The molecular formula is C27H32FN5O3. The molecule has 2 heterocycles. The van der Waals surface area contributed by atoms with Crippen LogP contribution in [0.15, 0.2) is 35.4 Å². The normalized spacial score (nSPS) is 15.2. The Morgan fingerprint density at radius 2 is 1.81 bits per heavy atom. The Balaban J connectivity index is 1.91. The topological polar surface area (TPSA) is 81.0 Å². The number of benzene rings is 2. The molecule has 0 saturated carbocycles. The van der Waals surface area contributed by atoms with Gasteiger partial charge in [0.05, 0.1) is 26.0 Å². The van der Waals surface area contributed by atoms with E-state index in [1.807, 2.05) is 42.8 Å². The van der Waals surface area contributed by atoms with Crippen LogP contribution >= 0.6 is 0 Å². The van der Waals surface area contributed by atoms with Crippen LogP contribution in [0.2, 0.25) is 0 Å². The van der Waals surface area contributed by atoms with Crippen LogP contribution in [-0.2, 0) is 13.0 Å². The molecule has 1 atom stereocenters. The summed E-state index contributed by atoms with van der Waals surface area (Å²) in [6.07, 6.45) is 0.389. The Kier molecular flexibility index (Phi) is 7.01. The molecule has 4 rings (SSSR count). The zero-order chi connectivity index (χ0) is 26.1. The number of nitrogens with one attached hydrogen (secondary N) is 1. The summed E-state index contributed by atoms with van der Waals surface area (Å²) in [5.41, 5.74) is 6.11. The highest BCUT2D eigenvalue weighted by molar-refractivity contribution is 6.15. The monoisotopic (exact) mass is 493 g/mol. The predicted octanol–water partition coefficient (Wildman–Crippen LogP) is 4.68. The van der Waals surface area contributed by atoms with E-state index in [1.54, 1.807) is 13.1 Å². The van der Waals surface area contributed by atoms with E-state index in [4.69, 9.17) is 9.47 Å². The van der Waals surface area contributed by atoms with Gasteiger partial charge in [-0.15, -0.1) is 0 Å². The first-order chi connectivity index (χ1) is 17.2. The number of halogens is 1. The zero-order valence-corrected chi connectivity index (χ0v) is 21.8. The maximum atomic E-state index is 15.9. The summed E-state index contributed by atoms with van der Waals surface area (Å²) >= 11 is 0. The van der Waals surface area contributed by atoms with Crippen molar-refractivity contribution in [3.63, 3.8) is 0 Å². The van der Waals surface area contributed by atoms with Crippen molar-refractivity contribution in [3.8, 4) is 22.6 Å². The Labute approximate surface area is 210 Å². The smallest absolute Gasteiger partial charge is 0.337 e. The molecule has 1 aliphatic rings. The van der Waals surface area contributed by atoms with Gasteiger partial charge in [-0.3, -0.25) is 4.68 Å². The Morgan fingerprint density at radius 3 is 2.36 bits per heavy atom. The maximum absolute atomic E-state index is 15.9. The fourth-order valence-electron chi connectivity index (χ4n) is 4.86. The number of hydrazone groups is 1. The van der Waals surface area contributed by atoms with Crippen LogP contribution in [0, 0.1) is 19.7 Å². The average molecular weight is 494 g/mol. The number of aryl methyl sites for hydroxylation is 2. The van der Waals surface area contributed by atoms with Gasteiger partial charge in [0.1, 0.15) is 5.71 Å². The molecule has 1 aromatic heterocycles. The molecule has 1 aliphatic heterocycles. The van der Waals surface area contributed by atoms with E-state index in [-0.39, 0.29) is 17.8 Å². The van der Waals surface area contributed by atoms with Crippen molar-refractivity contribution < 1.29 is 18.7 Å². The molecule has 190 valence electrons. The molecule has 0 aliphatic carbocycles. The van der Waals surface area contributed by atoms with Crippen molar-refractivity contribution in [2.75, 3.05) is 21.3 Å². The number of hydrogen-bond donors (Lipinski definition) is 1. The molecule has 0 fully saturated rings. The van der Waals surface area contributed by atoms with Crippen molar-refractivity contribution in [3.05, 3.63) is 64.2 Å². The molecule has 36 heavy (non-hydrogen) atoms. The number of urea groups is 1. The van der Waals surface area contributed by atoms with E-state index in [1.165, 1.54) is 19.2 Å². The molecule has 0 bridgehead atoms. The van der Waals surface area contributed by atoms with Crippen LogP contribution in [0.25, 0.3) is 11.1 Å². The molecule has 1 N–H and O–H groups in total. The SMILES string of the molecule is CCn1nc(C)c(-c2ccc(C3=NN(C(=O)NC)C(C)Cc4cc(OC)c(OC)c(F)c43)cc2)c1C. The van der Waals surface area contributed by atoms with Crippen molar-refractivity contribution in [1.82, 2.24) is 20.1 Å². The summed E-state index contributed by atoms with van der Waals surface area (Å²) in [7, 11) is 4.42. The zero-order valence-electron chi connectivity index (χ0n) is 21.8. The van der Waals surface area contributed by atoms with Crippen LogP contribution in [0.4, 0.5) is 9.18 Å².